The number of nitrogens with two attached hydrogens (primary N) is 1. The third-order valence-corrected chi connectivity index (χ3v) is 5.43. The fourth-order valence-corrected chi connectivity index (χ4v) is 3.32. The summed E-state index contributed by atoms with van der Waals surface area (Å²) in [6, 6.07) is 4.09. The number of benzene rings is 1. The molecule has 0 atom stereocenters. The van der Waals surface area contributed by atoms with Crippen molar-refractivity contribution in [3.05, 3.63) is 77.1 Å². The SMILES string of the molecule is C=CN=C/C(=C\N)C(=O)NC1(C(=O)NCc2ncc(Nc3ccc(Cl)cc3C(F)(F)F)cc2F)CC1. The summed E-state index contributed by atoms with van der Waals surface area (Å²) in [6.07, 6.45) is 0.607. The summed E-state index contributed by atoms with van der Waals surface area (Å²) in [5.74, 6) is -2.02. The zero-order chi connectivity index (χ0) is 26.5. The molecule has 1 aromatic carbocycles. The first-order valence-electron chi connectivity index (χ1n) is 10.4. The lowest BCUT2D eigenvalue weighted by atomic mass is 10.1. The molecule has 13 heteroatoms. The van der Waals surface area contributed by atoms with Crippen LogP contribution in [0.1, 0.15) is 24.1 Å². The average molecular weight is 525 g/mol. The Kier molecular flexibility index (Phi) is 7.98. The van der Waals surface area contributed by atoms with Gasteiger partial charge in [-0.25, -0.2) is 4.39 Å². The Balaban J connectivity index is 1.65. The summed E-state index contributed by atoms with van der Waals surface area (Å²) in [4.78, 5) is 32.6. The maximum absolute atomic E-state index is 14.6. The van der Waals surface area contributed by atoms with Crippen LogP contribution in [0.3, 0.4) is 0 Å². The molecule has 2 aromatic rings. The molecule has 1 heterocycles. The number of carbonyl (C=O) groups is 2. The van der Waals surface area contributed by atoms with E-state index < -0.39 is 34.9 Å². The van der Waals surface area contributed by atoms with Crippen molar-refractivity contribution in [2.45, 2.75) is 31.1 Å². The van der Waals surface area contributed by atoms with Crippen LogP contribution >= 0.6 is 11.6 Å². The molecule has 190 valence electrons. The molecule has 1 aliphatic carbocycles. The highest BCUT2D eigenvalue weighted by atomic mass is 35.5. The van der Waals surface area contributed by atoms with E-state index >= 15 is 0 Å². The lowest BCUT2D eigenvalue weighted by molar-refractivity contribution is -0.137. The van der Waals surface area contributed by atoms with Crippen molar-refractivity contribution in [2.24, 2.45) is 10.7 Å². The third-order valence-electron chi connectivity index (χ3n) is 5.20. The second-order valence-electron chi connectivity index (χ2n) is 7.77. The molecule has 3 rings (SSSR count). The quantitative estimate of drug-likeness (QED) is 0.225. The van der Waals surface area contributed by atoms with Crippen LogP contribution in [0.2, 0.25) is 5.02 Å². The van der Waals surface area contributed by atoms with Gasteiger partial charge in [-0.15, -0.1) is 0 Å². The van der Waals surface area contributed by atoms with E-state index in [0.29, 0.717) is 12.8 Å². The fourth-order valence-electron chi connectivity index (χ4n) is 3.15. The number of aliphatic imine (C=N–C) groups is 1. The van der Waals surface area contributed by atoms with Crippen LogP contribution in [0.15, 0.2) is 60.0 Å². The van der Waals surface area contributed by atoms with E-state index in [1.165, 1.54) is 18.5 Å². The Bertz CT molecular complexity index is 1240. The summed E-state index contributed by atoms with van der Waals surface area (Å²) in [5.41, 5.74) is 2.73. The maximum Gasteiger partial charge on any atom is 0.418 e. The van der Waals surface area contributed by atoms with Crippen LogP contribution in [-0.2, 0) is 22.3 Å². The van der Waals surface area contributed by atoms with E-state index in [2.05, 4.69) is 32.5 Å². The van der Waals surface area contributed by atoms with E-state index in [1.807, 2.05) is 0 Å². The van der Waals surface area contributed by atoms with E-state index in [0.717, 1.165) is 30.6 Å². The molecule has 0 radical (unpaired) electrons. The van der Waals surface area contributed by atoms with Crippen LogP contribution in [0.25, 0.3) is 0 Å². The molecule has 5 N–H and O–H groups in total. The summed E-state index contributed by atoms with van der Waals surface area (Å²) >= 11 is 5.66. The zero-order valence-electron chi connectivity index (χ0n) is 18.6. The molecular weight excluding hydrogens is 504 g/mol. The zero-order valence-corrected chi connectivity index (χ0v) is 19.4. The predicted octanol–water partition coefficient (Wildman–Crippen LogP) is 3.96. The van der Waals surface area contributed by atoms with Crippen molar-refractivity contribution < 1.29 is 27.2 Å². The molecule has 2 amide bonds. The number of hydrogen-bond donors (Lipinski definition) is 4. The topological polar surface area (TPSA) is 121 Å². The first-order valence-corrected chi connectivity index (χ1v) is 10.8. The van der Waals surface area contributed by atoms with Gasteiger partial charge in [0.25, 0.3) is 5.91 Å². The number of nitrogens with zero attached hydrogens (tertiary/aromatic N) is 2. The van der Waals surface area contributed by atoms with Crippen molar-refractivity contribution in [3.63, 3.8) is 0 Å². The highest BCUT2D eigenvalue weighted by Crippen LogP contribution is 2.38. The Morgan fingerprint density at radius 3 is 2.58 bits per heavy atom. The first-order chi connectivity index (χ1) is 17.0. The highest BCUT2D eigenvalue weighted by Gasteiger charge is 2.51. The molecular formula is C23H21ClF4N6O2. The molecule has 1 saturated carbocycles. The van der Waals surface area contributed by atoms with E-state index in [9.17, 15) is 27.2 Å². The van der Waals surface area contributed by atoms with Crippen LogP contribution in [0.4, 0.5) is 28.9 Å². The molecule has 1 aromatic heterocycles. The van der Waals surface area contributed by atoms with E-state index in [1.54, 1.807) is 0 Å². The summed E-state index contributed by atoms with van der Waals surface area (Å²) in [6.45, 7) is 3.08. The van der Waals surface area contributed by atoms with Crippen molar-refractivity contribution in [2.75, 3.05) is 5.32 Å². The van der Waals surface area contributed by atoms with Gasteiger partial charge < -0.3 is 21.7 Å². The minimum atomic E-state index is -4.68. The van der Waals surface area contributed by atoms with Gasteiger partial charge in [0, 0.05) is 29.7 Å². The number of carbonyl (C=O) groups excluding carboxylic acids is 2. The van der Waals surface area contributed by atoms with E-state index in [-0.39, 0.29) is 34.2 Å². The third kappa shape index (κ3) is 6.39. The number of hydrogen-bond acceptors (Lipinski definition) is 6. The largest absolute Gasteiger partial charge is 0.418 e. The number of nitrogens with one attached hydrogen (secondary N) is 3. The second-order valence-corrected chi connectivity index (χ2v) is 8.20. The van der Waals surface area contributed by atoms with Crippen LogP contribution in [0.5, 0.6) is 0 Å². The average Bonchev–Trinajstić information content (AvgIpc) is 3.60. The van der Waals surface area contributed by atoms with Crippen LogP contribution in [0, 0.1) is 5.82 Å². The molecule has 36 heavy (non-hydrogen) atoms. The highest BCUT2D eigenvalue weighted by molar-refractivity contribution is 6.30. The van der Waals surface area contributed by atoms with Gasteiger partial charge in [0.1, 0.15) is 11.4 Å². The van der Waals surface area contributed by atoms with Gasteiger partial charge in [-0.2, -0.15) is 13.2 Å². The predicted molar refractivity (Wildman–Crippen MR) is 127 cm³/mol. The molecule has 8 nitrogen and oxygen atoms in total. The number of pyridine rings is 1. The number of alkyl halides is 3. The van der Waals surface area contributed by atoms with Gasteiger partial charge in [-0.1, -0.05) is 18.2 Å². The molecule has 0 aliphatic heterocycles. The molecule has 1 aliphatic rings. The Hall–Kier alpha value is -3.93. The van der Waals surface area contributed by atoms with Crippen molar-refractivity contribution in [3.8, 4) is 0 Å². The van der Waals surface area contributed by atoms with Crippen LogP contribution in [-0.4, -0.2) is 28.6 Å². The Labute approximate surface area is 208 Å². The number of rotatable bonds is 9. The van der Waals surface area contributed by atoms with Gasteiger partial charge in [0.2, 0.25) is 5.91 Å². The molecule has 0 bridgehead atoms. The number of halogens is 5. The lowest BCUT2D eigenvalue weighted by Gasteiger charge is -2.18. The first kappa shape index (κ1) is 26.7. The standard InChI is InChI=1S/C23H21ClF4N6O2/c1-2-30-10-13(9-29)20(35)34-22(5-6-22)21(36)32-12-19-17(25)8-15(11-31-19)33-18-4-3-14(24)7-16(18)23(26,27)28/h2-4,7-11,33H,1,5-6,12,29H2,(H,32,36)(H,34,35)/b13-9+,30-10?. The fraction of sp³-hybridized carbons (Fsp3) is 0.217. The van der Waals surface area contributed by atoms with Gasteiger partial charge >= 0.3 is 6.18 Å². The Morgan fingerprint density at radius 2 is 2.00 bits per heavy atom. The Morgan fingerprint density at radius 1 is 1.28 bits per heavy atom. The minimum absolute atomic E-state index is 0.0270. The molecule has 0 spiro atoms. The van der Waals surface area contributed by atoms with Gasteiger partial charge in [-0.3, -0.25) is 19.6 Å². The van der Waals surface area contributed by atoms with Crippen molar-refractivity contribution in [1.29, 1.82) is 0 Å². The molecule has 0 unspecified atom stereocenters. The summed E-state index contributed by atoms with van der Waals surface area (Å²) < 4.78 is 54.4. The van der Waals surface area contributed by atoms with Gasteiger partial charge in [-0.05, 0) is 31.0 Å². The van der Waals surface area contributed by atoms with E-state index in [4.69, 9.17) is 17.3 Å². The minimum Gasteiger partial charge on any atom is -0.404 e. The monoisotopic (exact) mass is 524 g/mol. The van der Waals surface area contributed by atoms with Gasteiger partial charge in [0.05, 0.1) is 40.9 Å². The number of amides is 2. The summed E-state index contributed by atoms with van der Waals surface area (Å²) in [7, 11) is 0. The van der Waals surface area contributed by atoms with Crippen molar-refractivity contribution in [1.82, 2.24) is 15.6 Å². The normalized spacial score (nSPS) is 14.9. The van der Waals surface area contributed by atoms with Crippen LogP contribution < -0.4 is 21.7 Å². The summed E-state index contributed by atoms with van der Waals surface area (Å²) in [5, 5.41) is 7.47. The maximum atomic E-state index is 14.6. The van der Waals surface area contributed by atoms with Crippen molar-refractivity contribution >= 4 is 41.0 Å². The lowest BCUT2D eigenvalue weighted by Crippen LogP contribution is -2.49. The number of aromatic nitrogens is 1. The number of anilines is 2. The van der Waals surface area contributed by atoms with Gasteiger partial charge in [0.15, 0.2) is 0 Å². The smallest absolute Gasteiger partial charge is 0.404 e. The molecule has 0 saturated heterocycles. The molecule has 1 fully saturated rings. The second kappa shape index (κ2) is 10.8.